The molecule has 1 aliphatic heterocycles. The molecule has 1 aromatic rings. The second-order valence-corrected chi connectivity index (χ2v) is 6.08. The number of carbonyl (C=O) groups is 2. The largest absolute Gasteiger partial charge is 0.350 e. The van der Waals surface area contributed by atoms with Crippen LogP contribution in [-0.4, -0.2) is 40.1 Å². The molecule has 0 radical (unpaired) electrons. The Morgan fingerprint density at radius 2 is 2.27 bits per heavy atom. The third kappa shape index (κ3) is 2.32. The molecule has 1 atom stereocenters. The Morgan fingerprint density at radius 1 is 1.45 bits per heavy atom. The van der Waals surface area contributed by atoms with Crippen LogP contribution in [0.4, 0.5) is 0 Å². The second-order valence-electron chi connectivity index (χ2n) is 6.08. The average molecular weight is 302 g/mol. The van der Waals surface area contributed by atoms with Gasteiger partial charge in [0.1, 0.15) is 5.69 Å². The highest BCUT2D eigenvalue weighted by Gasteiger charge is 2.44. The van der Waals surface area contributed by atoms with Crippen LogP contribution in [-0.2, 0) is 11.3 Å². The Kier molecular flexibility index (Phi) is 3.76. The van der Waals surface area contributed by atoms with Crippen molar-refractivity contribution in [3.05, 3.63) is 29.7 Å². The summed E-state index contributed by atoms with van der Waals surface area (Å²) in [6.45, 7) is 3.20. The predicted octanol–water partition coefficient (Wildman–Crippen LogP) is 1.55. The zero-order valence-corrected chi connectivity index (χ0v) is 13.1. The van der Waals surface area contributed by atoms with Crippen molar-refractivity contribution in [2.45, 2.75) is 39.2 Å². The number of likely N-dealkylation sites (tertiary alicyclic amines) is 1. The van der Waals surface area contributed by atoms with Crippen molar-refractivity contribution in [3.63, 3.8) is 0 Å². The van der Waals surface area contributed by atoms with Gasteiger partial charge in [0.25, 0.3) is 5.91 Å². The molecular formula is C16H22N4O2. The zero-order chi connectivity index (χ0) is 15.7. The highest BCUT2D eigenvalue weighted by molar-refractivity contribution is 5.92. The number of nitrogens with one attached hydrogen (secondary N) is 1. The fourth-order valence-electron chi connectivity index (χ4n) is 3.61. The number of carbonyl (C=O) groups excluding carboxylic acids is 2. The van der Waals surface area contributed by atoms with Crippen LogP contribution in [0, 0.1) is 5.41 Å². The minimum atomic E-state index is -0.0977. The minimum Gasteiger partial charge on any atom is -0.350 e. The van der Waals surface area contributed by atoms with Gasteiger partial charge in [0.2, 0.25) is 5.91 Å². The summed E-state index contributed by atoms with van der Waals surface area (Å²) in [4.78, 5) is 26.0. The highest BCUT2D eigenvalue weighted by Crippen LogP contribution is 2.46. The maximum atomic E-state index is 12.4. The molecule has 2 amide bonds. The first-order valence-corrected chi connectivity index (χ1v) is 7.84. The minimum absolute atomic E-state index is 0.0879. The molecule has 1 aliphatic carbocycles. The number of piperidine rings is 1. The van der Waals surface area contributed by atoms with Crippen molar-refractivity contribution < 1.29 is 9.59 Å². The molecule has 1 fully saturated rings. The molecule has 118 valence electrons. The zero-order valence-electron chi connectivity index (χ0n) is 13.1. The number of hydrogen-bond acceptors (Lipinski definition) is 3. The Hall–Kier alpha value is -2.11. The summed E-state index contributed by atoms with van der Waals surface area (Å²) in [5.41, 5.74) is 1.57. The average Bonchev–Trinajstić information content (AvgIpc) is 3.16. The summed E-state index contributed by atoms with van der Waals surface area (Å²) in [6, 6.07) is 1.73. The van der Waals surface area contributed by atoms with Crippen molar-refractivity contribution in [3.8, 4) is 0 Å². The summed E-state index contributed by atoms with van der Waals surface area (Å²) < 4.78 is 1.69. The van der Waals surface area contributed by atoms with E-state index in [1.54, 1.807) is 21.8 Å². The van der Waals surface area contributed by atoms with E-state index in [1.165, 1.54) is 0 Å². The highest BCUT2D eigenvalue weighted by atomic mass is 16.2. The van der Waals surface area contributed by atoms with Crippen LogP contribution in [0.25, 0.3) is 0 Å². The summed E-state index contributed by atoms with van der Waals surface area (Å²) in [6.07, 6.45) is 7.11. The SMILES string of the molecule is CCn1nccc1C(=O)NCC12CCC=C1N(C)C(=O)CC2. The summed E-state index contributed by atoms with van der Waals surface area (Å²) in [5.74, 6) is 0.0682. The van der Waals surface area contributed by atoms with Gasteiger partial charge in [-0.25, -0.2) is 0 Å². The Labute approximate surface area is 130 Å². The number of allylic oxidation sites excluding steroid dienone is 1. The van der Waals surface area contributed by atoms with Gasteiger partial charge in [-0.2, -0.15) is 5.10 Å². The third-order valence-electron chi connectivity index (χ3n) is 4.89. The third-order valence-corrected chi connectivity index (χ3v) is 4.89. The molecular weight excluding hydrogens is 280 g/mol. The van der Waals surface area contributed by atoms with E-state index >= 15 is 0 Å². The maximum absolute atomic E-state index is 12.4. The predicted molar refractivity (Wildman–Crippen MR) is 82.0 cm³/mol. The second kappa shape index (κ2) is 5.59. The van der Waals surface area contributed by atoms with Gasteiger partial charge >= 0.3 is 0 Å². The smallest absolute Gasteiger partial charge is 0.269 e. The first-order chi connectivity index (χ1) is 10.6. The number of fused-ring (bicyclic) bond motifs is 1. The first-order valence-electron chi connectivity index (χ1n) is 7.84. The number of hydrogen-bond donors (Lipinski definition) is 1. The van der Waals surface area contributed by atoms with E-state index in [1.807, 2.05) is 14.0 Å². The van der Waals surface area contributed by atoms with Gasteiger partial charge in [-0.15, -0.1) is 0 Å². The number of rotatable bonds is 4. The molecule has 1 saturated heterocycles. The molecule has 6 nitrogen and oxygen atoms in total. The molecule has 1 N–H and O–H groups in total. The van der Waals surface area contributed by atoms with Crippen LogP contribution < -0.4 is 5.32 Å². The quantitative estimate of drug-likeness (QED) is 0.917. The summed E-state index contributed by atoms with van der Waals surface area (Å²) in [5, 5.41) is 7.18. The van der Waals surface area contributed by atoms with E-state index in [2.05, 4.69) is 16.5 Å². The lowest BCUT2D eigenvalue weighted by atomic mass is 9.77. The fraction of sp³-hybridized carbons (Fsp3) is 0.562. The lowest BCUT2D eigenvalue weighted by Crippen LogP contribution is -2.46. The molecule has 0 bridgehead atoms. The van der Waals surface area contributed by atoms with Crippen LogP contribution in [0.15, 0.2) is 24.0 Å². The van der Waals surface area contributed by atoms with E-state index in [4.69, 9.17) is 0 Å². The summed E-state index contributed by atoms with van der Waals surface area (Å²) >= 11 is 0. The van der Waals surface area contributed by atoms with Gasteiger partial charge in [0.05, 0.1) is 0 Å². The van der Waals surface area contributed by atoms with E-state index in [-0.39, 0.29) is 17.2 Å². The van der Waals surface area contributed by atoms with E-state index in [0.29, 0.717) is 25.2 Å². The molecule has 1 unspecified atom stereocenters. The molecule has 0 spiro atoms. The molecule has 0 saturated carbocycles. The number of aryl methyl sites for hydroxylation is 1. The van der Waals surface area contributed by atoms with Gasteiger partial charge in [0, 0.05) is 43.9 Å². The molecule has 2 aliphatic rings. The van der Waals surface area contributed by atoms with Gasteiger partial charge in [-0.05, 0) is 32.3 Å². The Balaban J connectivity index is 1.72. The van der Waals surface area contributed by atoms with Crippen molar-refractivity contribution in [2.24, 2.45) is 5.41 Å². The molecule has 2 heterocycles. The standard InChI is InChI=1S/C16H22N4O2/c1-3-20-12(7-10-18-20)15(22)17-11-16-8-4-5-13(16)19(2)14(21)6-9-16/h5,7,10H,3-4,6,8-9,11H2,1-2H3,(H,17,22). The number of nitrogens with zero attached hydrogens (tertiary/aromatic N) is 3. The van der Waals surface area contributed by atoms with Crippen LogP contribution in [0.2, 0.25) is 0 Å². The number of aromatic nitrogens is 2. The van der Waals surface area contributed by atoms with Crippen LogP contribution in [0.3, 0.4) is 0 Å². The number of amides is 2. The molecule has 3 rings (SSSR count). The molecule has 1 aromatic heterocycles. The lowest BCUT2D eigenvalue weighted by molar-refractivity contribution is -0.131. The molecule has 0 aromatic carbocycles. The summed E-state index contributed by atoms with van der Waals surface area (Å²) in [7, 11) is 1.83. The monoisotopic (exact) mass is 302 g/mol. The van der Waals surface area contributed by atoms with Crippen molar-refractivity contribution in [1.29, 1.82) is 0 Å². The van der Waals surface area contributed by atoms with Gasteiger partial charge in [-0.1, -0.05) is 6.08 Å². The van der Waals surface area contributed by atoms with Crippen molar-refractivity contribution >= 4 is 11.8 Å². The Morgan fingerprint density at radius 3 is 3.05 bits per heavy atom. The maximum Gasteiger partial charge on any atom is 0.269 e. The fourth-order valence-corrected chi connectivity index (χ4v) is 3.61. The normalized spacial score (nSPS) is 24.2. The van der Waals surface area contributed by atoms with E-state index in [9.17, 15) is 9.59 Å². The van der Waals surface area contributed by atoms with E-state index in [0.717, 1.165) is 25.0 Å². The van der Waals surface area contributed by atoms with Crippen molar-refractivity contribution in [2.75, 3.05) is 13.6 Å². The van der Waals surface area contributed by atoms with Crippen LogP contribution >= 0.6 is 0 Å². The molecule has 6 heteroatoms. The van der Waals surface area contributed by atoms with Crippen molar-refractivity contribution in [1.82, 2.24) is 20.0 Å². The Bertz CT molecular complexity index is 634. The van der Waals surface area contributed by atoms with Gasteiger partial charge in [-0.3, -0.25) is 14.3 Å². The topological polar surface area (TPSA) is 67.2 Å². The molecule has 22 heavy (non-hydrogen) atoms. The van der Waals surface area contributed by atoms with Crippen LogP contribution in [0.1, 0.15) is 43.1 Å². The van der Waals surface area contributed by atoms with Gasteiger partial charge in [0.15, 0.2) is 0 Å². The van der Waals surface area contributed by atoms with Gasteiger partial charge < -0.3 is 10.2 Å². The first kappa shape index (κ1) is 14.8. The van der Waals surface area contributed by atoms with Crippen LogP contribution in [0.5, 0.6) is 0 Å². The van der Waals surface area contributed by atoms with E-state index < -0.39 is 0 Å². The lowest BCUT2D eigenvalue weighted by Gasteiger charge is -2.41.